The van der Waals surface area contributed by atoms with Crippen molar-refractivity contribution in [1.29, 1.82) is 0 Å². The highest BCUT2D eigenvalue weighted by atomic mass is 16.5. The lowest BCUT2D eigenvalue weighted by Gasteiger charge is -2.38. The van der Waals surface area contributed by atoms with Gasteiger partial charge in [0.2, 0.25) is 0 Å². The highest BCUT2D eigenvalue weighted by Crippen LogP contribution is 2.38. The number of hydrogen-bond acceptors (Lipinski definition) is 2. The van der Waals surface area contributed by atoms with Crippen LogP contribution in [-0.2, 0) is 4.74 Å². The van der Waals surface area contributed by atoms with E-state index in [0.717, 1.165) is 19.0 Å². The number of nitrogens with one attached hydrogen (secondary N) is 1. The fraction of sp³-hybridized carbons (Fsp3) is 1.00. The summed E-state index contributed by atoms with van der Waals surface area (Å²) < 4.78 is 6.59. The first-order chi connectivity index (χ1) is 8.26. The van der Waals surface area contributed by atoms with Gasteiger partial charge in [-0.15, -0.1) is 0 Å². The van der Waals surface area contributed by atoms with Crippen LogP contribution in [0.4, 0.5) is 0 Å². The highest BCUT2D eigenvalue weighted by Gasteiger charge is 2.38. The van der Waals surface area contributed by atoms with Crippen LogP contribution in [0.25, 0.3) is 0 Å². The second kappa shape index (κ2) is 6.19. The summed E-state index contributed by atoms with van der Waals surface area (Å²) in [4.78, 5) is 0. The average Bonchev–Trinajstić information content (AvgIpc) is 2.79. The van der Waals surface area contributed by atoms with Crippen LogP contribution in [0.5, 0.6) is 0 Å². The SMILES string of the molecule is CCNCC1(OC2CCCCC2C)CCCC1. The van der Waals surface area contributed by atoms with Crippen LogP contribution in [-0.4, -0.2) is 24.8 Å². The predicted molar refractivity (Wildman–Crippen MR) is 72.2 cm³/mol. The maximum absolute atomic E-state index is 6.59. The zero-order valence-electron chi connectivity index (χ0n) is 11.6. The lowest BCUT2D eigenvalue weighted by Crippen LogP contribution is -2.45. The van der Waals surface area contributed by atoms with Gasteiger partial charge in [-0.2, -0.15) is 0 Å². The Morgan fingerprint density at radius 1 is 1.12 bits per heavy atom. The number of ether oxygens (including phenoxy) is 1. The molecule has 100 valence electrons. The van der Waals surface area contributed by atoms with Crippen LogP contribution in [0.2, 0.25) is 0 Å². The molecule has 1 N–H and O–H groups in total. The zero-order valence-corrected chi connectivity index (χ0v) is 11.6. The molecule has 2 aliphatic carbocycles. The molecule has 2 nitrogen and oxygen atoms in total. The van der Waals surface area contributed by atoms with Crippen LogP contribution in [0.15, 0.2) is 0 Å². The van der Waals surface area contributed by atoms with E-state index in [4.69, 9.17) is 4.74 Å². The lowest BCUT2D eigenvalue weighted by atomic mass is 9.87. The molecule has 2 unspecified atom stereocenters. The topological polar surface area (TPSA) is 21.3 Å². The quantitative estimate of drug-likeness (QED) is 0.793. The first-order valence-corrected chi connectivity index (χ1v) is 7.64. The monoisotopic (exact) mass is 239 g/mol. The fourth-order valence-corrected chi connectivity index (χ4v) is 3.49. The van der Waals surface area contributed by atoms with Crippen LogP contribution in [0, 0.1) is 5.92 Å². The fourth-order valence-electron chi connectivity index (χ4n) is 3.49. The maximum Gasteiger partial charge on any atom is 0.0810 e. The van der Waals surface area contributed by atoms with E-state index >= 15 is 0 Å². The van der Waals surface area contributed by atoms with Crippen molar-refractivity contribution in [3.8, 4) is 0 Å². The minimum atomic E-state index is 0.173. The van der Waals surface area contributed by atoms with Gasteiger partial charge in [0.1, 0.15) is 0 Å². The first-order valence-electron chi connectivity index (χ1n) is 7.64. The van der Waals surface area contributed by atoms with Gasteiger partial charge in [0, 0.05) is 6.54 Å². The molecule has 0 aromatic rings. The summed E-state index contributed by atoms with van der Waals surface area (Å²) in [5, 5.41) is 3.51. The summed E-state index contributed by atoms with van der Waals surface area (Å²) in [7, 11) is 0. The number of rotatable bonds is 5. The lowest BCUT2D eigenvalue weighted by molar-refractivity contribution is -0.118. The Morgan fingerprint density at radius 3 is 2.47 bits per heavy atom. The standard InChI is InChI=1S/C15H29NO/c1-3-16-12-15(10-6-7-11-15)17-14-9-5-4-8-13(14)2/h13-14,16H,3-12H2,1-2H3. The summed E-state index contributed by atoms with van der Waals surface area (Å²) in [6.45, 7) is 6.68. The third-order valence-corrected chi connectivity index (χ3v) is 4.65. The van der Waals surface area contributed by atoms with Crippen molar-refractivity contribution in [2.45, 2.75) is 76.9 Å². The van der Waals surface area contributed by atoms with Crippen molar-refractivity contribution in [3.63, 3.8) is 0 Å². The molecule has 0 saturated heterocycles. The molecule has 2 fully saturated rings. The Morgan fingerprint density at radius 2 is 1.82 bits per heavy atom. The van der Waals surface area contributed by atoms with Crippen LogP contribution in [0.1, 0.15) is 65.2 Å². The van der Waals surface area contributed by atoms with Gasteiger partial charge in [0.15, 0.2) is 0 Å². The largest absolute Gasteiger partial charge is 0.370 e. The van der Waals surface area contributed by atoms with Crippen molar-refractivity contribution in [2.75, 3.05) is 13.1 Å². The molecule has 2 heteroatoms. The molecule has 0 spiro atoms. The van der Waals surface area contributed by atoms with Gasteiger partial charge in [-0.25, -0.2) is 0 Å². The molecule has 0 aromatic heterocycles. The average molecular weight is 239 g/mol. The van der Waals surface area contributed by atoms with Crippen molar-refractivity contribution in [3.05, 3.63) is 0 Å². The van der Waals surface area contributed by atoms with Gasteiger partial charge in [-0.3, -0.25) is 0 Å². The van der Waals surface area contributed by atoms with Crippen LogP contribution in [0.3, 0.4) is 0 Å². The molecule has 2 atom stereocenters. The Balaban J connectivity index is 1.91. The summed E-state index contributed by atoms with van der Waals surface area (Å²) in [5.41, 5.74) is 0.173. The molecule has 2 aliphatic rings. The summed E-state index contributed by atoms with van der Waals surface area (Å²) in [5.74, 6) is 0.767. The Hall–Kier alpha value is -0.0800. The summed E-state index contributed by atoms with van der Waals surface area (Å²) >= 11 is 0. The molecular weight excluding hydrogens is 210 g/mol. The van der Waals surface area contributed by atoms with Gasteiger partial charge < -0.3 is 10.1 Å². The van der Waals surface area contributed by atoms with Crippen molar-refractivity contribution >= 4 is 0 Å². The molecule has 0 radical (unpaired) electrons. The smallest absolute Gasteiger partial charge is 0.0810 e. The third-order valence-electron chi connectivity index (χ3n) is 4.65. The number of hydrogen-bond donors (Lipinski definition) is 1. The van der Waals surface area contributed by atoms with Gasteiger partial charge in [0.25, 0.3) is 0 Å². The van der Waals surface area contributed by atoms with Crippen molar-refractivity contribution < 1.29 is 4.74 Å². The van der Waals surface area contributed by atoms with E-state index in [1.807, 2.05) is 0 Å². The van der Waals surface area contributed by atoms with E-state index in [0.29, 0.717) is 6.10 Å². The zero-order chi connectivity index (χ0) is 12.1. The second-order valence-electron chi connectivity index (χ2n) is 6.09. The van der Waals surface area contributed by atoms with Gasteiger partial charge in [-0.1, -0.05) is 39.5 Å². The van der Waals surface area contributed by atoms with E-state index < -0.39 is 0 Å². The third kappa shape index (κ3) is 3.45. The summed E-state index contributed by atoms with van der Waals surface area (Å²) in [6, 6.07) is 0. The van der Waals surface area contributed by atoms with E-state index in [1.54, 1.807) is 0 Å². The van der Waals surface area contributed by atoms with Crippen LogP contribution >= 0.6 is 0 Å². The summed E-state index contributed by atoms with van der Waals surface area (Å²) in [6.07, 6.45) is 11.2. The Labute approximate surface area is 107 Å². The first kappa shape index (κ1) is 13.4. The van der Waals surface area contributed by atoms with E-state index in [-0.39, 0.29) is 5.60 Å². The highest BCUT2D eigenvalue weighted by molar-refractivity contribution is 4.90. The minimum absolute atomic E-state index is 0.173. The molecule has 2 saturated carbocycles. The molecular formula is C15H29NO. The Bertz CT molecular complexity index is 223. The molecule has 0 heterocycles. The second-order valence-corrected chi connectivity index (χ2v) is 6.09. The van der Waals surface area contributed by atoms with E-state index in [2.05, 4.69) is 19.2 Å². The molecule has 17 heavy (non-hydrogen) atoms. The van der Waals surface area contributed by atoms with Gasteiger partial charge in [0.05, 0.1) is 11.7 Å². The van der Waals surface area contributed by atoms with E-state index in [9.17, 15) is 0 Å². The predicted octanol–water partition coefficient (Wildman–Crippen LogP) is 3.50. The van der Waals surface area contributed by atoms with Crippen molar-refractivity contribution in [2.24, 2.45) is 5.92 Å². The minimum Gasteiger partial charge on any atom is -0.370 e. The Kier molecular flexibility index (Phi) is 4.87. The molecule has 0 amide bonds. The van der Waals surface area contributed by atoms with Crippen LogP contribution < -0.4 is 5.32 Å². The van der Waals surface area contributed by atoms with Gasteiger partial charge in [-0.05, 0) is 38.1 Å². The molecule has 2 rings (SSSR count). The molecule has 0 aromatic carbocycles. The van der Waals surface area contributed by atoms with Gasteiger partial charge >= 0.3 is 0 Å². The molecule has 0 bridgehead atoms. The number of likely N-dealkylation sites (N-methyl/N-ethyl adjacent to an activating group) is 1. The van der Waals surface area contributed by atoms with E-state index in [1.165, 1.54) is 51.4 Å². The maximum atomic E-state index is 6.59. The molecule has 0 aliphatic heterocycles. The normalized spacial score (nSPS) is 32.8. The van der Waals surface area contributed by atoms with Crippen molar-refractivity contribution in [1.82, 2.24) is 5.32 Å².